The van der Waals surface area contributed by atoms with Crippen LogP contribution in [-0.2, 0) is 19.7 Å². The summed E-state index contributed by atoms with van der Waals surface area (Å²) >= 11 is 0. The molecule has 5 heteroatoms. The first kappa shape index (κ1) is 17.8. The van der Waals surface area contributed by atoms with Gasteiger partial charge in [0.2, 0.25) is 5.91 Å². The molecule has 0 atom stereocenters. The molecule has 142 valence electrons. The molecule has 0 aromatic heterocycles. The normalized spacial score (nSPS) is 22.7. The van der Waals surface area contributed by atoms with Gasteiger partial charge in [-0.3, -0.25) is 4.79 Å². The molecular weight excluding hydrogens is 328 g/mol. The minimum absolute atomic E-state index is 0.109. The van der Waals surface area contributed by atoms with E-state index in [2.05, 4.69) is 28.4 Å². The van der Waals surface area contributed by atoms with Gasteiger partial charge >= 0.3 is 0 Å². The second kappa shape index (κ2) is 7.20. The standard InChI is InChI=1S/C21H30N2O3/c1-25-19(26-2)15-8-12-23(13-9-15)16-6-7-17-18(14-16)22-20(24)21(17)10-4-3-5-11-21/h6-7,14-15,19H,3-5,8-13H2,1-2H3,(H,22,24). The number of piperidine rings is 1. The first-order valence-corrected chi connectivity index (χ1v) is 9.94. The van der Waals surface area contributed by atoms with Gasteiger partial charge in [-0.25, -0.2) is 0 Å². The van der Waals surface area contributed by atoms with Crippen LogP contribution in [0.1, 0.15) is 50.5 Å². The van der Waals surface area contributed by atoms with Gasteiger partial charge in [-0.15, -0.1) is 0 Å². The monoisotopic (exact) mass is 358 g/mol. The van der Waals surface area contributed by atoms with E-state index in [4.69, 9.17) is 9.47 Å². The average Bonchev–Trinajstić information content (AvgIpc) is 2.95. The maximum Gasteiger partial charge on any atom is 0.235 e. The van der Waals surface area contributed by atoms with Crippen molar-refractivity contribution in [3.8, 4) is 0 Å². The van der Waals surface area contributed by atoms with Crippen molar-refractivity contribution in [1.29, 1.82) is 0 Å². The summed E-state index contributed by atoms with van der Waals surface area (Å²) < 4.78 is 10.9. The van der Waals surface area contributed by atoms with Gasteiger partial charge in [-0.1, -0.05) is 25.3 Å². The summed E-state index contributed by atoms with van der Waals surface area (Å²) in [5.41, 5.74) is 3.20. The highest BCUT2D eigenvalue weighted by Crippen LogP contribution is 2.48. The molecule has 0 unspecified atom stereocenters. The van der Waals surface area contributed by atoms with Crippen molar-refractivity contribution in [1.82, 2.24) is 0 Å². The molecule has 1 aromatic carbocycles. The number of carbonyl (C=O) groups excluding carboxylic acids is 1. The van der Waals surface area contributed by atoms with Crippen molar-refractivity contribution in [2.45, 2.75) is 56.7 Å². The van der Waals surface area contributed by atoms with Crippen molar-refractivity contribution >= 4 is 17.3 Å². The van der Waals surface area contributed by atoms with E-state index in [9.17, 15) is 4.79 Å². The highest BCUT2D eigenvalue weighted by atomic mass is 16.7. The zero-order valence-corrected chi connectivity index (χ0v) is 15.9. The van der Waals surface area contributed by atoms with Crippen LogP contribution in [0.25, 0.3) is 0 Å². The summed E-state index contributed by atoms with van der Waals surface area (Å²) in [5, 5.41) is 3.18. The molecule has 2 heterocycles. The number of anilines is 2. The highest BCUT2D eigenvalue weighted by molar-refractivity contribution is 6.06. The number of hydrogen-bond donors (Lipinski definition) is 1. The fraction of sp³-hybridized carbons (Fsp3) is 0.667. The number of rotatable bonds is 4. The van der Waals surface area contributed by atoms with Crippen molar-refractivity contribution < 1.29 is 14.3 Å². The van der Waals surface area contributed by atoms with Crippen molar-refractivity contribution in [2.24, 2.45) is 5.92 Å². The van der Waals surface area contributed by atoms with Gasteiger partial charge in [0.25, 0.3) is 0 Å². The number of methoxy groups -OCH3 is 2. The number of fused-ring (bicyclic) bond motifs is 2. The predicted molar refractivity (Wildman–Crippen MR) is 103 cm³/mol. The Hall–Kier alpha value is -1.59. The molecular formula is C21H30N2O3. The number of hydrogen-bond acceptors (Lipinski definition) is 4. The lowest BCUT2D eigenvalue weighted by atomic mass is 9.70. The van der Waals surface area contributed by atoms with Crippen LogP contribution < -0.4 is 10.2 Å². The Labute approximate surface area is 156 Å². The first-order chi connectivity index (χ1) is 12.7. The molecule has 1 saturated heterocycles. The number of nitrogens with one attached hydrogen (secondary N) is 1. The van der Waals surface area contributed by atoms with E-state index < -0.39 is 0 Å². The quantitative estimate of drug-likeness (QED) is 0.834. The van der Waals surface area contributed by atoms with E-state index in [1.54, 1.807) is 14.2 Å². The number of ether oxygens (including phenoxy) is 2. The molecule has 5 nitrogen and oxygen atoms in total. The summed E-state index contributed by atoms with van der Waals surface area (Å²) in [6.07, 6.45) is 7.55. The number of amides is 1. The summed E-state index contributed by atoms with van der Waals surface area (Å²) in [4.78, 5) is 15.1. The van der Waals surface area contributed by atoms with Crippen LogP contribution in [0.5, 0.6) is 0 Å². The molecule has 3 aliphatic rings. The van der Waals surface area contributed by atoms with E-state index in [0.717, 1.165) is 57.3 Å². The first-order valence-electron chi connectivity index (χ1n) is 9.94. The average molecular weight is 358 g/mol. The minimum Gasteiger partial charge on any atom is -0.371 e. The lowest BCUT2D eigenvalue weighted by Gasteiger charge is -2.36. The molecule has 26 heavy (non-hydrogen) atoms. The zero-order chi connectivity index (χ0) is 18.1. The third-order valence-corrected chi connectivity index (χ3v) is 6.66. The van der Waals surface area contributed by atoms with Crippen molar-refractivity contribution in [3.63, 3.8) is 0 Å². The van der Waals surface area contributed by atoms with Gasteiger partial charge < -0.3 is 19.7 Å². The van der Waals surface area contributed by atoms with E-state index in [1.165, 1.54) is 17.7 Å². The van der Waals surface area contributed by atoms with Gasteiger partial charge in [0.15, 0.2) is 6.29 Å². The second-order valence-electron chi connectivity index (χ2n) is 7.99. The molecule has 1 spiro atoms. The Morgan fingerprint density at radius 3 is 2.46 bits per heavy atom. The second-order valence-corrected chi connectivity index (χ2v) is 7.99. The zero-order valence-electron chi connectivity index (χ0n) is 15.9. The lowest BCUT2D eigenvalue weighted by molar-refractivity contribution is -0.141. The molecule has 0 bridgehead atoms. The molecule has 1 saturated carbocycles. The Bertz CT molecular complexity index is 657. The van der Waals surface area contributed by atoms with Crippen LogP contribution in [0, 0.1) is 5.92 Å². The van der Waals surface area contributed by atoms with E-state index >= 15 is 0 Å². The van der Waals surface area contributed by atoms with Crippen LogP contribution >= 0.6 is 0 Å². The van der Waals surface area contributed by atoms with Crippen LogP contribution in [0.4, 0.5) is 11.4 Å². The van der Waals surface area contributed by atoms with Gasteiger partial charge in [0.05, 0.1) is 5.41 Å². The Morgan fingerprint density at radius 1 is 1.12 bits per heavy atom. The van der Waals surface area contributed by atoms with Gasteiger partial charge in [-0.05, 0) is 43.4 Å². The largest absolute Gasteiger partial charge is 0.371 e. The van der Waals surface area contributed by atoms with E-state index in [-0.39, 0.29) is 17.6 Å². The van der Waals surface area contributed by atoms with Gasteiger partial charge in [0.1, 0.15) is 0 Å². The van der Waals surface area contributed by atoms with Gasteiger partial charge in [0, 0.05) is 44.6 Å². The Kier molecular flexibility index (Phi) is 4.93. The maximum atomic E-state index is 12.7. The van der Waals surface area contributed by atoms with Crippen LogP contribution in [-0.4, -0.2) is 39.5 Å². The number of carbonyl (C=O) groups is 1. The summed E-state index contributed by atoms with van der Waals surface area (Å²) in [7, 11) is 3.43. The molecule has 1 aromatic rings. The predicted octanol–water partition coefficient (Wildman–Crippen LogP) is 3.68. The smallest absolute Gasteiger partial charge is 0.235 e. The fourth-order valence-electron chi connectivity index (χ4n) is 5.18. The minimum atomic E-state index is -0.261. The van der Waals surface area contributed by atoms with E-state index in [1.807, 2.05) is 0 Å². The third-order valence-electron chi connectivity index (χ3n) is 6.66. The van der Waals surface area contributed by atoms with Gasteiger partial charge in [-0.2, -0.15) is 0 Å². The number of benzene rings is 1. The van der Waals surface area contributed by atoms with E-state index in [0.29, 0.717) is 5.92 Å². The van der Waals surface area contributed by atoms with Crippen LogP contribution in [0.3, 0.4) is 0 Å². The molecule has 2 aliphatic heterocycles. The molecule has 1 N–H and O–H groups in total. The number of nitrogens with zero attached hydrogens (tertiary/aromatic N) is 1. The molecule has 1 aliphatic carbocycles. The molecule has 1 amide bonds. The van der Waals surface area contributed by atoms with Crippen molar-refractivity contribution in [3.05, 3.63) is 23.8 Å². The maximum absolute atomic E-state index is 12.7. The fourth-order valence-corrected chi connectivity index (χ4v) is 5.18. The topological polar surface area (TPSA) is 50.8 Å². The molecule has 2 fully saturated rings. The Balaban J connectivity index is 1.49. The third kappa shape index (κ3) is 2.91. The molecule has 0 radical (unpaired) electrons. The highest BCUT2D eigenvalue weighted by Gasteiger charge is 2.47. The van der Waals surface area contributed by atoms with Crippen molar-refractivity contribution in [2.75, 3.05) is 37.5 Å². The van der Waals surface area contributed by atoms with Crippen LogP contribution in [0.2, 0.25) is 0 Å². The van der Waals surface area contributed by atoms with Crippen LogP contribution in [0.15, 0.2) is 18.2 Å². The summed E-state index contributed by atoms with van der Waals surface area (Å²) in [6, 6.07) is 6.59. The lowest BCUT2D eigenvalue weighted by Crippen LogP contribution is -2.39. The molecule has 4 rings (SSSR count). The summed E-state index contributed by atoms with van der Waals surface area (Å²) in [5.74, 6) is 0.659. The SMILES string of the molecule is COC(OC)C1CCN(c2ccc3c(c2)NC(=O)C32CCCCC2)CC1. The summed E-state index contributed by atoms with van der Waals surface area (Å²) in [6.45, 7) is 1.98. The Morgan fingerprint density at radius 2 is 1.81 bits per heavy atom.